The number of aryl methyl sites for hydroxylation is 1. The van der Waals surface area contributed by atoms with Gasteiger partial charge in [0.25, 0.3) is 0 Å². The van der Waals surface area contributed by atoms with Gasteiger partial charge in [-0.3, -0.25) is 0 Å². The summed E-state index contributed by atoms with van der Waals surface area (Å²) < 4.78 is 0. The molecule has 0 saturated carbocycles. The molecule has 0 radical (unpaired) electrons. The molecule has 0 atom stereocenters. The zero-order chi connectivity index (χ0) is 18.5. The lowest BCUT2D eigenvalue weighted by Crippen LogP contribution is -2.05. The van der Waals surface area contributed by atoms with Gasteiger partial charge in [-0.2, -0.15) is 0 Å². The third-order valence-electron chi connectivity index (χ3n) is 5.50. The van der Waals surface area contributed by atoms with Crippen LogP contribution in [0, 0.1) is 0 Å². The average molecular weight is 343 g/mol. The van der Waals surface area contributed by atoms with Crippen LogP contribution < -0.4 is 0 Å². The SMILES string of the molecule is CCc1cc(-c2ccc(-c3ccccc3)cc2)c(CC)c(CC)c1CC. The predicted molar refractivity (Wildman–Crippen MR) is 115 cm³/mol. The van der Waals surface area contributed by atoms with E-state index in [0.717, 1.165) is 25.7 Å². The molecule has 0 nitrogen and oxygen atoms in total. The van der Waals surface area contributed by atoms with Crippen LogP contribution in [0.1, 0.15) is 49.9 Å². The third-order valence-corrected chi connectivity index (χ3v) is 5.50. The van der Waals surface area contributed by atoms with E-state index in [9.17, 15) is 0 Å². The van der Waals surface area contributed by atoms with E-state index in [1.54, 1.807) is 11.1 Å². The van der Waals surface area contributed by atoms with Crippen LogP contribution in [-0.2, 0) is 25.7 Å². The molecule has 3 aromatic carbocycles. The molecular weight excluding hydrogens is 312 g/mol. The Morgan fingerprint density at radius 1 is 0.500 bits per heavy atom. The maximum absolute atomic E-state index is 2.45. The van der Waals surface area contributed by atoms with Crippen molar-refractivity contribution in [3.63, 3.8) is 0 Å². The second kappa shape index (κ2) is 8.36. The van der Waals surface area contributed by atoms with Crippen molar-refractivity contribution in [2.45, 2.75) is 53.4 Å². The first-order valence-electron chi connectivity index (χ1n) is 10.1. The summed E-state index contributed by atoms with van der Waals surface area (Å²) in [4.78, 5) is 0. The highest BCUT2D eigenvalue weighted by atomic mass is 14.2. The molecule has 0 aromatic heterocycles. The maximum Gasteiger partial charge on any atom is -0.0146 e. The summed E-state index contributed by atoms with van der Waals surface area (Å²) in [5, 5.41) is 0. The summed E-state index contributed by atoms with van der Waals surface area (Å²) in [5.41, 5.74) is 11.5. The van der Waals surface area contributed by atoms with Gasteiger partial charge in [0.2, 0.25) is 0 Å². The van der Waals surface area contributed by atoms with Crippen LogP contribution >= 0.6 is 0 Å². The van der Waals surface area contributed by atoms with Crippen molar-refractivity contribution >= 4 is 0 Å². The third kappa shape index (κ3) is 3.46. The van der Waals surface area contributed by atoms with E-state index in [0.29, 0.717) is 0 Å². The monoisotopic (exact) mass is 342 g/mol. The molecule has 0 heterocycles. The number of hydrogen-bond acceptors (Lipinski definition) is 0. The molecule has 134 valence electrons. The molecule has 3 aromatic rings. The standard InChI is InChI=1S/C26H30/c1-5-19-18-26(25(8-4)24(7-3)23(19)6-2)22-16-14-21(15-17-22)20-12-10-9-11-13-20/h9-18H,5-8H2,1-4H3. The van der Waals surface area contributed by atoms with Crippen molar-refractivity contribution in [1.82, 2.24) is 0 Å². The topological polar surface area (TPSA) is 0 Å². The highest BCUT2D eigenvalue weighted by molar-refractivity contribution is 5.74. The lowest BCUT2D eigenvalue weighted by molar-refractivity contribution is 0.947. The maximum atomic E-state index is 2.45. The van der Waals surface area contributed by atoms with E-state index in [4.69, 9.17) is 0 Å². The molecule has 0 unspecified atom stereocenters. The Morgan fingerprint density at radius 2 is 1.04 bits per heavy atom. The average Bonchev–Trinajstić information content (AvgIpc) is 2.72. The molecule has 0 aliphatic carbocycles. The van der Waals surface area contributed by atoms with Gasteiger partial charge in [-0.15, -0.1) is 0 Å². The van der Waals surface area contributed by atoms with Crippen molar-refractivity contribution in [2.75, 3.05) is 0 Å². The first kappa shape index (κ1) is 18.5. The van der Waals surface area contributed by atoms with E-state index in [2.05, 4.69) is 88.4 Å². The predicted octanol–water partition coefficient (Wildman–Crippen LogP) is 7.27. The Labute approximate surface area is 158 Å². The Balaban J connectivity index is 2.11. The highest BCUT2D eigenvalue weighted by Crippen LogP contribution is 2.34. The fraction of sp³-hybridized carbons (Fsp3) is 0.308. The van der Waals surface area contributed by atoms with E-state index < -0.39 is 0 Å². The summed E-state index contributed by atoms with van der Waals surface area (Å²) >= 11 is 0. The first-order chi connectivity index (χ1) is 12.7. The largest absolute Gasteiger partial charge is 0.0622 e. The Morgan fingerprint density at radius 3 is 1.58 bits per heavy atom. The van der Waals surface area contributed by atoms with E-state index in [1.165, 1.54) is 33.4 Å². The molecule has 0 aliphatic heterocycles. The number of benzene rings is 3. The fourth-order valence-electron chi connectivity index (χ4n) is 4.20. The minimum Gasteiger partial charge on any atom is -0.0622 e. The van der Waals surface area contributed by atoms with Crippen LogP contribution in [0.4, 0.5) is 0 Å². The van der Waals surface area contributed by atoms with Gasteiger partial charge in [0.05, 0.1) is 0 Å². The molecule has 0 saturated heterocycles. The van der Waals surface area contributed by atoms with Crippen LogP contribution in [0.2, 0.25) is 0 Å². The molecular formula is C26H30. The lowest BCUT2D eigenvalue weighted by atomic mass is 9.84. The van der Waals surface area contributed by atoms with Gasteiger partial charge < -0.3 is 0 Å². The van der Waals surface area contributed by atoms with E-state index in [-0.39, 0.29) is 0 Å². The van der Waals surface area contributed by atoms with Gasteiger partial charge in [0, 0.05) is 0 Å². The second-order valence-electron chi connectivity index (χ2n) is 6.88. The van der Waals surface area contributed by atoms with Crippen molar-refractivity contribution < 1.29 is 0 Å². The summed E-state index contributed by atoms with van der Waals surface area (Å²) in [6.45, 7) is 9.17. The van der Waals surface area contributed by atoms with Crippen LogP contribution in [0.5, 0.6) is 0 Å². The first-order valence-corrected chi connectivity index (χ1v) is 10.1. The quantitative estimate of drug-likeness (QED) is 0.442. The molecule has 0 N–H and O–H groups in total. The minimum absolute atomic E-state index is 1.09. The van der Waals surface area contributed by atoms with Crippen molar-refractivity contribution in [2.24, 2.45) is 0 Å². The molecule has 0 aliphatic rings. The van der Waals surface area contributed by atoms with Gasteiger partial charge in [-0.25, -0.2) is 0 Å². The zero-order valence-corrected chi connectivity index (χ0v) is 16.6. The molecule has 0 amide bonds. The van der Waals surface area contributed by atoms with Crippen LogP contribution in [0.25, 0.3) is 22.3 Å². The zero-order valence-electron chi connectivity index (χ0n) is 16.6. The van der Waals surface area contributed by atoms with Crippen LogP contribution in [0.15, 0.2) is 60.7 Å². The normalized spacial score (nSPS) is 10.9. The van der Waals surface area contributed by atoms with Crippen LogP contribution in [-0.4, -0.2) is 0 Å². The van der Waals surface area contributed by atoms with Gasteiger partial charge in [-0.1, -0.05) is 88.4 Å². The number of hydrogen-bond donors (Lipinski definition) is 0. The summed E-state index contributed by atoms with van der Waals surface area (Å²) in [7, 11) is 0. The van der Waals surface area contributed by atoms with E-state index in [1.807, 2.05) is 0 Å². The van der Waals surface area contributed by atoms with Gasteiger partial charge >= 0.3 is 0 Å². The van der Waals surface area contributed by atoms with E-state index >= 15 is 0 Å². The number of rotatable bonds is 6. The lowest BCUT2D eigenvalue weighted by Gasteiger charge is -2.21. The molecule has 0 spiro atoms. The van der Waals surface area contributed by atoms with Gasteiger partial charge in [0.1, 0.15) is 0 Å². The highest BCUT2D eigenvalue weighted by Gasteiger charge is 2.15. The van der Waals surface area contributed by atoms with Gasteiger partial charge in [0.15, 0.2) is 0 Å². The van der Waals surface area contributed by atoms with Crippen LogP contribution in [0.3, 0.4) is 0 Å². The summed E-state index contributed by atoms with van der Waals surface area (Å²) in [6.07, 6.45) is 4.45. The Bertz CT molecular complexity index is 855. The Kier molecular flexibility index (Phi) is 5.93. The fourth-order valence-corrected chi connectivity index (χ4v) is 4.20. The minimum atomic E-state index is 1.09. The Hall–Kier alpha value is -2.34. The van der Waals surface area contributed by atoms with Gasteiger partial charge in [-0.05, 0) is 70.2 Å². The summed E-state index contributed by atoms with van der Waals surface area (Å²) in [6, 6.07) is 22.2. The van der Waals surface area contributed by atoms with Crippen molar-refractivity contribution in [1.29, 1.82) is 0 Å². The smallest absolute Gasteiger partial charge is 0.0146 e. The molecule has 0 fully saturated rings. The summed E-state index contributed by atoms with van der Waals surface area (Å²) in [5.74, 6) is 0. The molecule has 26 heavy (non-hydrogen) atoms. The van der Waals surface area contributed by atoms with Crippen molar-refractivity contribution in [3.05, 3.63) is 82.9 Å². The van der Waals surface area contributed by atoms with Crippen molar-refractivity contribution in [3.8, 4) is 22.3 Å². The second-order valence-corrected chi connectivity index (χ2v) is 6.88. The molecule has 3 rings (SSSR count). The molecule has 0 heteroatoms. The molecule has 0 bridgehead atoms.